The van der Waals surface area contributed by atoms with E-state index in [2.05, 4.69) is 34.9 Å². The maximum Gasteiger partial charge on any atom is 0.173 e. The van der Waals surface area contributed by atoms with Crippen LogP contribution in [0.15, 0.2) is 27.8 Å². The van der Waals surface area contributed by atoms with E-state index in [1.165, 1.54) is 0 Å². The monoisotopic (exact) mass is 340 g/mol. The highest BCUT2D eigenvalue weighted by molar-refractivity contribution is 9.10. The van der Waals surface area contributed by atoms with Crippen molar-refractivity contribution >= 4 is 21.8 Å². The molecule has 0 radical (unpaired) electrons. The smallest absolute Gasteiger partial charge is 0.173 e. The van der Waals surface area contributed by atoms with Crippen LogP contribution in [0.25, 0.3) is 0 Å². The van der Waals surface area contributed by atoms with Gasteiger partial charge in [-0.05, 0) is 49.3 Å². The van der Waals surface area contributed by atoms with Gasteiger partial charge in [-0.15, -0.1) is 0 Å². The van der Waals surface area contributed by atoms with Gasteiger partial charge in [0.2, 0.25) is 0 Å². The lowest BCUT2D eigenvalue weighted by atomic mass is 9.76. The molecule has 0 bridgehead atoms. The number of halogens is 1. The molecule has 1 fully saturated rings. The first kappa shape index (κ1) is 15.2. The van der Waals surface area contributed by atoms with Crippen LogP contribution in [0.5, 0.6) is 5.75 Å². The maximum atomic E-state index is 8.87. The fourth-order valence-electron chi connectivity index (χ4n) is 2.53. The average Bonchev–Trinajstić information content (AvgIpc) is 2.42. The summed E-state index contributed by atoms with van der Waals surface area (Å²) in [5, 5.41) is 11.9. The van der Waals surface area contributed by atoms with Gasteiger partial charge in [0.05, 0.1) is 11.7 Å². The normalized spacial score (nSPS) is 19.9. The molecule has 110 valence electrons. The van der Waals surface area contributed by atoms with Gasteiger partial charge in [-0.1, -0.05) is 34.9 Å². The molecule has 0 atom stereocenters. The van der Waals surface area contributed by atoms with Crippen molar-refractivity contribution in [3.8, 4) is 5.75 Å². The van der Waals surface area contributed by atoms with Gasteiger partial charge < -0.3 is 15.7 Å². The summed E-state index contributed by atoms with van der Waals surface area (Å²) in [5.74, 6) is 0.741. The third-order valence-electron chi connectivity index (χ3n) is 3.91. The molecule has 0 spiro atoms. The summed E-state index contributed by atoms with van der Waals surface area (Å²) in [6, 6.07) is 5.56. The number of hydrogen-bond acceptors (Lipinski definition) is 3. The van der Waals surface area contributed by atoms with Gasteiger partial charge in [-0.25, -0.2) is 0 Å². The highest BCUT2D eigenvalue weighted by Gasteiger charge is 2.28. The van der Waals surface area contributed by atoms with E-state index in [4.69, 9.17) is 15.7 Å². The van der Waals surface area contributed by atoms with Crippen molar-refractivity contribution in [2.24, 2.45) is 16.3 Å². The number of benzene rings is 1. The molecule has 1 saturated carbocycles. The molecule has 0 amide bonds. The number of rotatable bonds is 3. The molecule has 5 heteroatoms. The van der Waals surface area contributed by atoms with E-state index >= 15 is 0 Å². The van der Waals surface area contributed by atoms with Crippen molar-refractivity contribution in [1.82, 2.24) is 0 Å². The first-order valence-corrected chi connectivity index (χ1v) is 7.65. The fourth-order valence-corrected chi connectivity index (χ4v) is 2.89. The van der Waals surface area contributed by atoms with Crippen LogP contribution in [0.3, 0.4) is 0 Å². The second-order valence-electron chi connectivity index (χ2n) is 6.11. The predicted molar refractivity (Wildman–Crippen MR) is 83.3 cm³/mol. The Kier molecular flexibility index (Phi) is 4.58. The number of oxime groups is 1. The van der Waals surface area contributed by atoms with Crippen molar-refractivity contribution < 1.29 is 9.94 Å². The van der Waals surface area contributed by atoms with Gasteiger partial charge >= 0.3 is 0 Å². The molecule has 0 aromatic heterocycles. The Morgan fingerprint density at radius 3 is 2.65 bits per heavy atom. The lowest BCUT2D eigenvalue weighted by Gasteiger charge is -2.34. The molecular formula is C15H21BrN2O2. The lowest BCUT2D eigenvalue weighted by Crippen LogP contribution is -2.29. The number of amidine groups is 1. The molecular weight excluding hydrogens is 320 g/mol. The van der Waals surface area contributed by atoms with Crippen LogP contribution < -0.4 is 10.5 Å². The quantitative estimate of drug-likeness (QED) is 0.379. The van der Waals surface area contributed by atoms with E-state index in [0.717, 1.165) is 30.2 Å². The van der Waals surface area contributed by atoms with Crippen LogP contribution in [-0.2, 0) is 0 Å². The van der Waals surface area contributed by atoms with Gasteiger partial charge in [0, 0.05) is 4.47 Å². The zero-order chi connectivity index (χ0) is 14.8. The number of nitrogens with zero attached hydrogens (tertiary/aromatic N) is 1. The standard InChI is InChI=1S/C15H21BrN2O2/c1-15(2)7-5-11(6-8-15)20-13-4-3-10(16)9-12(13)14(17)18-19/h3-4,9,11,19H,5-8H2,1-2H3,(H2,17,18). The molecule has 1 aromatic carbocycles. The Morgan fingerprint density at radius 2 is 2.05 bits per heavy atom. The lowest BCUT2D eigenvalue weighted by molar-refractivity contribution is 0.0985. The Labute approximate surface area is 128 Å². The largest absolute Gasteiger partial charge is 0.490 e. The Balaban J connectivity index is 2.14. The minimum Gasteiger partial charge on any atom is -0.490 e. The second kappa shape index (κ2) is 6.04. The van der Waals surface area contributed by atoms with Gasteiger partial charge in [-0.2, -0.15) is 0 Å². The molecule has 0 heterocycles. The zero-order valence-corrected chi connectivity index (χ0v) is 13.5. The summed E-state index contributed by atoms with van der Waals surface area (Å²) in [6.07, 6.45) is 4.60. The summed E-state index contributed by atoms with van der Waals surface area (Å²) in [6.45, 7) is 4.59. The molecule has 1 aliphatic rings. The first-order valence-electron chi connectivity index (χ1n) is 6.85. The summed E-state index contributed by atoms with van der Waals surface area (Å²) < 4.78 is 6.94. The first-order chi connectivity index (χ1) is 9.41. The maximum absolute atomic E-state index is 8.87. The molecule has 4 nitrogen and oxygen atoms in total. The van der Waals surface area contributed by atoms with E-state index in [9.17, 15) is 0 Å². The minimum atomic E-state index is 0.0671. The highest BCUT2D eigenvalue weighted by Crippen LogP contribution is 2.37. The topological polar surface area (TPSA) is 67.8 Å². The van der Waals surface area contributed by atoms with Gasteiger partial charge in [0.15, 0.2) is 5.84 Å². The molecule has 2 rings (SSSR count). The van der Waals surface area contributed by atoms with E-state index < -0.39 is 0 Å². The van der Waals surface area contributed by atoms with Gasteiger partial charge in [-0.3, -0.25) is 0 Å². The SMILES string of the molecule is CC1(C)CCC(Oc2ccc(Br)cc2/C(N)=N/O)CC1. The van der Waals surface area contributed by atoms with Gasteiger partial charge in [0.1, 0.15) is 5.75 Å². The highest BCUT2D eigenvalue weighted by atomic mass is 79.9. The van der Waals surface area contributed by atoms with E-state index in [1.807, 2.05) is 12.1 Å². The van der Waals surface area contributed by atoms with Crippen molar-refractivity contribution in [2.45, 2.75) is 45.6 Å². The molecule has 0 aliphatic heterocycles. The number of nitrogens with two attached hydrogens (primary N) is 1. The van der Waals surface area contributed by atoms with Crippen LogP contribution >= 0.6 is 15.9 Å². The van der Waals surface area contributed by atoms with Crippen LogP contribution in [0.4, 0.5) is 0 Å². The fraction of sp³-hybridized carbons (Fsp3) is 0.533. The van der Waals surface area contributed by atoms with Crippen molar-refractivity contribution in [3.63, 3.8) is 0 Å². The molecule has 0 unspecified atom stereocenters. The summed E-state index contributed by atoms with van der Waals surface area (Å²) in [7, 11) is 0. The molecule has 3 N–H and O–H groups in total. The summed E-state index contributed by atoms with van der Waals surface area (Å²) in [5.41, 5.74) is 6.74. The molecule has 1 aliphatic carbocycles. The Bertz CT molecular complexity index is 505. The van der Waals surface area contributed by atoms with E-state index in [1.54, 1.807) is 6.07 Å². The third kappa shape index (κ3) is 3.66. The minimum absolute atomic E-state index is 0.0671. The predicted octanol–water partition coefficient (Wildman–Crippen LogP) is 3.89. The van der Waals surface area contributed by atoms with Gasteiger partial charge in [0.25, 0.3) is 0 Å². The second-order valence-corrected chi connectivity index (χ2v) is 7.02. The van der Waals surface area contributed by atoms with Crippen molar-refractivity contribution in [3.05, 3.63) is 28.2 Å². The molecule has 0 saturated heterocycles. The van der Waals surface area contributed by atoms with Crippen LogP contribution in [0.1, 0.15) is 45.1 Å². The third-order valence-corrected chi connectivity index (χ3v) is 4.40. The van der Waals surface area contributed by atoms with E-state index in [0.29, 0.717) is 16.7 Å². The number of hydrogen-bond donors (Lipinski definition) is 2. The average molecular weight is 341 g/mol. The summed E-state index contributed by atoms with van der Waals surface area (Å²) in [4.78, 5) is 0. The van der Waals surface area contributed by atoms with Crippen LogP contribution in [0, 0.1) is 5.41 Å². The van der Waals surface area contributed by atoms with Crippen molar-refractivity contribution in [1.29, 1.82) is 0 Å². The zero-order valence-electron chi connectivity index (χ0n) is 11.9. The summed E-state index contributed by atoms with van der Waals surface area (Å²) >= 11 is 3.39. The van der Waals surface area contributed by atoms with E-state index in [-0.39, 0.29) is 11.9 Å². The van der Waals surface area contributed by atoms with Crippen LogP contribution in [0.2, 0.25) is 0 Å². The Morgan fingerprint density at radius 1 is 1.40 bits per heavy atom. The number of ether oxygens (including phenoxy) is 1. The molecule has 1 aromatic rings. The molecule has 20 heavy (non-hydrogen) atoms. The van der Waals surface area contributed by atoms with Crippen molar-refractivity contribution in [2.75, 3.05) is 0 Å². The van der Waals surface area contributed by atoms with Crippen LogP contribution in [-0.4, -0.2) is 17.1 Å². The Hall–Kier alpha value is -1.23.